The average molecular weight is 176 g/mol. The second-order valence-electron chi connectivity index (χ2n) is 2.99. The number of aliphatic hydroxyl groups excluding tert-OH is 1. The minimum absolute atomic E-state index is 0.0468. The van der Waals surface area contributed by atoms with Gasteiger partial charge in [-0.15, -0.1) is 0 Å². The van der Waals surface area contributed by atoms with Gasteiger partial charge >= 0.3 is 12.1 Å². The van der Waals surface area contributed by atoms with Gasteiger partial charge in [-0.1, -0.05) is 6.92 Å². The number of carbonyl (C=O) groups is 1. The van der Waals surface area contributed by atoms with Crippen molar-refractivity contribution in [2.75, 3.05) is 6.61 Å². The molecule has 0 aromatic carbocycles. The van der Waals surface area contributed by atoms with Crippen LogP contribution in [0.2, 0.25) is 0 Å². The first-order valence-electron chi connectivity index (χ1n) is 3.81. The third kappa shape index (κ3) is 2.09. The molecule has 1 atom stereocenters. The molecule has 0 saturated carbocycles. The highest BCUT2D eigenvalue weighted by molar-refractivity contribution is 5.64. The van der Waals surface area contributed by atoms with Crippen LogP contribution in [0.4, 0.5) is 4.79 Å². The van der Waals surface area contributed by atoms with Crippen LogP contribution in [0, 0.1) is 5.92 Å². The van der Waals surface area contributed by atoms with Crippen LogP contribution in [0.15, 0.2) is 0 Å². The largest absolute Gasteiger partial charge is 0.518 e. The summed E-state index contributed by atoms with van der Waals surface area (Å²) in [6, 6.07) is 0. The van der Waals surface area contributed by atoms with Gasteiger partial charge in [0.15, 0.2) is 0 Å². The summed E-state index contributed by atoms with van der Waals surface area (Å²) in [6.07, 6.45) is -0.114. The van der Waals surface area contributed by atoms with E-state index in [0.717, 1.165) is 0 Å². The summed E-state index contributed by atoms with van der Waals surface area (Å²) in [5.74, 6) is -1.70. The predicted octanol–water partition coefficient (Wildman–Crippen LogP) is 0.208. The molecule has 2 N–H and O–H groups in total. The Morgan fingerprint density at radius 3 is 2.58 bits per heavy atom. The minimum atomic E-state index is -1.74. The van der Waals surface area contributed by atoms with E-state index in [1.54, 1.807) is 0 Å². The van der Waals surface area contributed by atoms with Crippen molar-refractivity contribution >= 4 is 6.16 Å². The molecule has 0 bridgehead atoms. The quantitative estimate of drug-likeness (QED) is 0.599. The summed E-state index contributed by atoms with van der Waals surface area (Å²) >= 11 is 0. The molecule has 1 aliphatic rings. The molecule has 0 radical (unpaired) electrons. The van der Waals surface area contributed by atoms with Gasteiger partial charge < -0.3 is 19.7 Å². The highest BCUT2D eigenvalue weighted by Crippen LogP contribution is 2.29. The highest BCUT2D eigenvalue weighted by Gasteiger charge is 2.47. The average Bonchev–Trinajstić information content (AvgIpc) is 1.83. The van der Waals surface area contributed by atoms with E-state index in [4.69, 9.17) is 5.11 Å². The molecule has 1 rings (SSSR count). The minimum Gasteiger partial charge on any atom is -0.396 e. The molecule has 12 heavy (non-hydrogen) atoms. The van der Waals surface area contributed by atoms with Gasteiger partial charge in [0.2, 0.25) is 0 Å². The number of cyclic esters (lactones) is 2. The van der Waals surface area contributed by atoms with Crippen molar-refractivity contribution in [3.63, 3.8) is 0 Å². The van der Waals surface area contributed by atoms with Crippen molar-refractivity contribution in [3.05, 3.63) is 0 Å². The van der Waals surface area contributed by atoms with E-state index in [9.17, 15) is 9.90 Å². The van der Waals surface area contributed by atoms with Gasteiger partial charge in [-0.25, -0.2) is 4.79 Å². The van der Waals surface area contributed by atoms with Crippen molar-refractivity contribution < 1.29 is 24.5 Å². The first kappa shape index (κ1) is 9.28. The van der Waals surface area contributed by atoms with Gasteiger partial charge in [-0.3, -0.25) is 0 Å². The third-order valence-corrected chi connectivity index (χ3v) is 1.71. The Morgan fingerprint density at radius 2 is 2.17 bits per heavy atom. The topological polar surface area (TPSA) is 76.0 Å². The van der Waals surface area contributed by atoms with Gasteiger partial charge in [-0.05, 0) is 12.3 Å². The Labute approximate surface area is 69.9 Å². The number of carbonyl (C=O) groups excluding carboxylic acids is 1. The van der Waals surface area contributed by atoms with E-state index in [1.165, 1.54) is 0 Å². The molecule has 1 aliphatic heterocycles. The van der Waals surface area contributed by atoms with Crippen molar-refractivity contribution in [1.29, 1.82) is 0 Å². The lowest BCUT2D eigenvalue weighted by Crippen LogP contribution is -2.51. The zero-order valence-electron chi connectivity index (χ0n) is 6.82. The Kier molecular flexibility index (Phi) is 2.54. The lowest BCUT2D eigenvalue weighted by molar-refractivity contribution is -0.392. The van der Waals surface area contributed by atoms with E-state index in [0.29, 0.717) is 6.42 Å². The van der Waals surface area contributed by atoms with Crippen LogP contribution in [0.5, 0.6) is 0 Å². The van der Waals surface area contributed by atoms with Crippen LogP contribution in [0.3, 0.4) is 0 Å². The van der Waals surface area contributed by atoms with Gasteiger partial charge in [-0.2, -0.15) is 0 Å². The monoisotopic (exact) mass is 176 g/mol. The van der Waals surface area contributed by atoms with E-state index in [-0.39, 0.29) is 18.9 Å². The van der Waals surface area contributed by atoms with Crippen molar-refractivity contribution in [2.24, 2.45) is 5.92 Å². The Bertz CT molecular complexity index is 171. The molecule has 70 valence electrons. The van der Waals surface area contributed by atoms with Crippen LogP contribution >= 0.6 is 0 Å². The molecular weight excluding hydrogens is 164 g/mol. The number of rotatable bonds is 4. The fraction of sp³-hybridized carbons (Fsp3) is 0.857. The summed E-state index contributed by atoms with van der Waals surface area (Å²) < 4.78 is 8.71. The van der Waals surface area contributed by atoms with Gasteiger partial charge in [0, 0.05) is 6.61 Å². The fourth-order valence-electron chi connectivity index (χ4n) is 1.11. The maximum Gasteiger partial charge on any atom is 0.518 e. The van der Waals surface area contributed by atoms with Crippen LogP contribution in [-0.4, -0.2) is 28.9 Å². The molecule has 0 aromatic rings. The van der Waals surface area contributed by atoms with Gasteiger partial charge in [0.1, 0.15) is 0 Å². The van der Waals surface area contributed by atoms with Crippen LogP contribution in [0.1, 0.15) is 19.8 Å². The summed E-state index contributed by atoms with van der Waals surface area (Å²) in [5.41, 5.74) is 0. The lowest BCUT2D eigenvalue weighted by atomic mass is 10.0. The molecule has 0 spiro atoms. The Balaban J connectivity index is 2.26. The Morgan fingerprint density at radius 1 is 1.58 bits per heavy atom. The Hall–Kier alpha value is -0.810. The number of hydrogen-bond acceptors (Lipinski definition) is 5. The predicted molar refractivity (Wildman–Crippen MR) is 38.0 cm³/mol. The van der Waals surface area contributed by atoms with Crippen LogP contribution in [-0.2, 0) is 9.47 Å². The van der Waals surface area contributed by atoms with Gasteiger partial charge in [0.05, 0.1) is 6.42 Å². The molecule has 0 aliphatic carbocycles. The van der Waals surface area contributed by atoms with Gasteiger partial charge in [0.25, 0.3) is 0 Å². The molecule has 1 fully saturated rings. The summed E-state index contributed by atoms with van der Waals surface area (Å²) in [4.78, 5) is 10.2. The highest BCUT2D eigenvalue weighted by atomic mass is 17.0. The third-order valence-electron chi connectivity index (χ3n) is 1.71. The van der Waals surface area contributed by atoms with Crippen molar-refractivity contribution in [3.8, 4) is 0 Å². The second-order valence-corrected chi connectivity index (χ2v) is 2.99. The van der Waals surface area contributed by atoms with Crippen molar-refractivity contribution in [1.82, 2.24) is 0 Å². The number of ether oxygens (including phenoxy) is 2. The molecule has 0 amide bonds. The maximum atomic E-state index is 10.2. The van der Waals surface area contributed by atoms with Crippen LogP contribution < -0.4 is 0 Å². The first-order chi connectivity index (χ1) is 5.56. The first-order valence-corrected chi connectivity index (χ1v) is 3.81. The molecule has 1 unspecified atom stereocenters. The second kappa shape index (κ2) is 3.28. The smallest absolute Gasteiger partial charge is 0.396 e. The molecular formula is C7H12O5. The van der Waals surface area contributed by atoms with E-state index < -0.39 is 12.1 Å². The number of aliphatic hydroxyl groups is 2. The normalized spacial score (nSPS) is 22.1. The fourth-order valence-corrected chi connectivity index (χ4v) is 1.11. The summed E-state index contributed by atoms with van der Waals surface area (Å²) in [7, 11) is 0. The maximum absolute atomic E-state index is 10.2. The zero-order chi connectivity index (χ0) is 9.19. The van der Waals surface area contributed by atoms with E-state index >= 15 is 0 Å². The molecule has 5 heteroatoms. The standard InChI is InChI=1S/C7H12O5/c1-5(2-3-8)4-7(10)11-6(9)12-7/h5,8,10H,2-4H2,1H3. The summed E-state index contributed by atoms with van der Waals surface area (Å²) in [5, 5.41) is 17.8. The van der Waals surface area contributed by atoms with E-state index in [2.05, 4.69) is 9.47 Å². The number of hydrogen-bond donors (Lipinski definition) is 2. The van der Waals surface area contributed by atoms with E-state index in [1.807, 2.05) is 6.92 Å². The molecule has 0 aromatic heterocycles. The summed E-state index contributed by atoms with van der Waals surface area (Å²) in [6.45, 7) is 1.87. The van der Waals surface area contributed by atoms with Crippen molar-refractivity contribution in [2.45, 2.75) is 25.7 Å². The molecule has 1 saturated heterocycles. The molecule has 5 nitrogen and oxygen atoms in total. The zero-order valence-corrected chi connectivity index (χ0v) is 6.82. The molecule has 1 heterocycles. The lowest BCUT2D eigenvalue weighted by Gasteiger charge is -2.35. The van der Waals surface area contributed by atoms with Crippen LogP contribution in [0.25, 0.3) is 0 Å². The SMILES string of the molecule is CC(CCO)CC1(O)OC(=O)O1.